The van der Waals surface area contributed by atoms with E-state index in [1.54, 1.807) is 24.3 Å². The molecule has 4 aliphatic heterocycles. The number of fused-ring (bicyclic) bond motifs is 2. The van der Waals surface area contributed by atoms with E-state index in [1.807, 2.05) is 97.1 Å². The molecule has 6 unspecified atom stereocenters. The molecule has 12 heteroatoms. The van der Waals surface area contributed by atoms with Crippen LogP contribution in [-0.4, -0.2) is 92.8 Å². The maximum atomic E-state index is 13.6. The van der Waals surface area contributed by atoms with E-state index >= 15 is 0 Å². The summed E-state index contributed by atoms with van der Waals surface area (Å²) in [5.41, 5.74) is 2.83. The van der Waals surface area contributed by atoms with Crippen LogP contribution in [0.1, 0.15) is 39.6 Å². The second-order valence-corrected chi connectivity index (χ2v) is 13.3. The van der Waals surface area contributed by atoms with Crippen LogP contribution in [0.15, 0.2) is 121 Å². The molecule has 4 fully saturated rings. The SMILES string of the molecule is CO[C@@H]1C(OC(=O)c2ccccc2)[C@H](O[C@@H]2C(O)[C@H](OCc3ccccc3)OC3COC(c4ccccc4)O[C@H]32)OC2COC(c3ccccc3)O[C@H]21. The lowest BCUT2D eigenvalue weighted by molar-refractivity contribution is -0.405. The Morgan fingerprint density at radius 3 is 1.72 bits per heavy atom. The summed E-state index contributed by atoms with van der Waals surface area (Å²) in [7, 11) is 1.52. The van der Waals surface area contributed by atoms with Crippen LogP contribution < -0.4 is 0 Å². The van der Waals surface area contributed by atoms with Crippen molar-refractivity contribution in [2.24, 2.45) is 0 Å². The predicted octanol–water partition coefficient (Wildman–Crippen LogP) is 4.87. The summed E-state index contributed by atoms with van der Waals surface area (Å²) in [6.07, 6.45) is -11.2. The number of carbonyl (C=O) groups is 1. The standard InChI is InChI=1S/C41H42O12/c1-44-35-33-30(24-47-39(52-33)28-20-12-5-13-21-28)49-41(36(35)50-37(43)26-16-8-3-9-17-26)53-34-31(42)40(45-22-25-14-6-2-7-15-25)48-29-23-46-38(51-32(29)34)27-18-10-4-11-19-27/h2-21,29-36,38-42H,22-24H2,1H3/t29?,30?,31?,32-,33-,34-,35+,36?,38?,39?,40-,41+/m1/s1. The zero-order valence-corrected chi connectivity index (χ0v) is 29.0. The van der Waals surface area contributed by atoms with E-state index in [9.17, 15) is 9.90 Å². The minimum Gasteiger partial charge on any atom is -0.450 e. The smallest absolute Gasteiger partial charge is 0.338 e. The molecule has 278 valence electrons. The van der Waals surface area contributed by atoms with Crippen LogP contribution in [0.4, 0.5) is 0 Å². The fourth-order valence-corrected chi connectivity index (χ4v) is 7.14. The summed E-state index contributed by atoms with van der Waals surface area (Å²) in [5.74, 6) is -0.610. The van der Waals surface area contributed by atoms with E-state index < -0.39 is 80.0 Å². The number of aliphatic hydroxyl groups excluding tert-OH is 1. The molecule has 4 saturated heterocycles. The van der Waals surface area contributed by atoms with Gasteiger partial charge in [-0.05, 0) is 17.7 Å². The highest BCUT2D eigenvalue weighted by Crippen LogP contribution is 2.40. The van der Waals surface area contributed by atoms with Crippen LogP contribution in [0, 0.1) is 0 Å². The van der Waals surface area contributed by atoms with E-state index in [4.69, 9.17) is 47.4 Å². The van der Waals surface area contributed by atoms with Crippen LogP contribution in [0.2, 0.25) is 0 Å². The molecule has 0 aliphatic carbocycles. The van der Waals surface area contributed by atoms with Gasteiger partial charge in [0.25, 0.3) is 0 Å². The minimum absolute atomic E-state index is 0.133. The Balaban J connectivity index is 1.09. The highest BCUT2D eigenvalue weighted by Gasteiger charge is 2.57. The van der Waals surface area contributed by atoms with Gasteiger partial charge in [-0.25, -0.2) is 4.79 Å². The topological polar surface area (TPSA) is 130 Å². The molecule has 4 heterocycles. The molecule has 4 aliphatic rings. The molecule has 0 spiro atoms. The van der Waals surface area contributed by atoms with Gasteiger partial charge in [0.2, 0.25) is 0 Å². The summed E-state index contributed by atoms with van der Waals surface area (Å²) < 4.78 is 63.1. The molecule has 12 atom stereocenters. The normalized spacial score (nSPS) is 34.0. The molecular weight excluding hydrogens is 684 g/mol. The van der Waals surface area contributed by atoms with Crippen molar-refractivity contribution >= 4 is 5.97 Å². The average Bonchev–Trinajstić information content (AvgIpc) is 3.22. The highest BCUT2D eigenvalue weighted by atomic mass is 16.8. The Morgan fingerprint density at radius 2 is 1.15 bits per heavy atom. The molecule has 8 rings (SSSR count). The molecule has 1 N–H and O–H groups in total. The summed E-state index contributed by atoms with van der Waals surface area (Å²) in [6, 6.07) is 37.2. The zero-order chi connectivity index (χ0) is 36.1. The van der Waals surface area contributed by atoms with E-state index in [0.29, 0.717) is 5.56 Å². The summed E-state index contributed by atoms with van der Waals surface area (Å²) in [4.78, 5) is 13.6. The maximum Gasteiger partial charge on any atom is 0.338 e. The quantitative estimate of drug-likeness (QED) is 0.224. The number of esters is 1. The van der Waals surface area contributed by atoms with Gasteiger partial charge in [0, 0.05) is 18.2 Å². The Labute approximate surface area is 307 Å². The van der Waals surface area contributed by atoms with E-state index in [-0.39, 0.29) is 19.8 Å². The molecule has 0 saturated carbocycles. The van der Waals surface area contributed by atoms with E-state index in [0.717, 1.165) is 16.7 Å². The van der Waals surface area contributed by atoms with Crippen molar-refractivity contribution < 1.29 is 57.3 Å². The van der Waals surface area contributed by atoms with Gasteiger partial charge in [-0.15, -0.1) is 0 Å². The van der Waals surface area contributed by atoms with Crippen LogP contribution in [-0.2, 0) is 54.0 Å². The van der Waals surface area contributed by atoms with Gasteiger partial charge >= 0.3 is 5.97 Å². The van der Waals surface area contributed by atoms with Gasteiger partial charge in [0.1, 0.15) is 42.7 Å². The largest absolute Gasteiger partial charge is 0.450 e. The van der Waals surface area contributed by atoms with Gasteiger partial charge < -0.3 is 52.5 Å². The lowest BCUT2D eigenvalue weighted by Gasteiger charge is -2.51. The van der Waals surface area contributed by atoms with Crippen molar-refractivity contribution in [1.29, 1.82) is 0 Å². The van der Waals surface area contributed by atoms with Gasteiger partial charge in [-0.3, -0.25) is 0 Å². The highest BCUT2D eigenvalue weighted by molar-refractivity contribution is 5.89. The summed E-state index contributed by atoms with van der Waals surface area (Å²) >= 11 is 0. The third kappa shape index (κ3) is 7.94. The molecule has 0 radical (unpaired) electrons. The molecule has 0 bridgehead atoms. The second kappa shape index (κ2) is 16.5. The third-order valence-electron chi connectivity index (χ3n) is 9.81. The number of hydrogen-bond donors (Lipinski definition) is 1. The summed E-state index contributed by atoms with van der Waals surface area (Å²) in [5, 5.41) is 12.0. The first-order valence-electron chi connectivity index (χ1n) is 17.8. The number of ether oxygens (including phenoxy) is 10. The maximum absolute atomic E-state index is 13.6. The van der Waals surface area contributed by atoms with Crippen molar-refractivity contribution in [1.82, 2.24) is 0 Å². The second-order valence-electron chi connectivity index (χ2n) is 13.3. The zero-order valence-electron chi connectivity index (χ0n) is 29.0. The number of hydrogen-bond acceptors (Lipinski definition) is 12. The Kier molecular flexibility index (Phi) is 11.2. The molecule has 4 aromatic carbocycles. The average molecular weight is 727 g/mol. The first kappa shape index (κ1) is 36.0. The van der Waals surface area contributed by atoms with Crippen LogP contribution in [0.25, 0.3) is 0 Å². The van der Waals surface area contributed by atoms with Crippen LogP contribution in [0.5, 0.6) is 0 Å². The first-order chi connectivity index (χ1) is 26.1. The van der Waals surface area contributed by atoms with Crippen molar-refractivity contribution in [3.05, 3.63) is 144 Å². The fourth-order valence-electron chi connectivity index (χ4n) is 7.14. The Morgan fingerprint density at radius 1 is 0.642 bits per heavy atom. The molecule has 0 amide bonds. The van der Waals surface area contributed by atoms with Crippen LogP contribution >= 0.6 is 0 Å². The number of methoxy groups -OCH3 is 1. The molecule has 0 aromatic heterocycles. The van der Waals surface area contributed by atoms with Gasteiger partial charge in [-0.1, -0.05) is 109 Å². The van der Waals surface area contributed by atoms with Crippen molar-refractivity contribution in [2.75, 3.05) is 20.3 Å². The van der Waals surface area contributed by atoms with Gasteiger partial charge in [0.15, 0.2) is 31.3 Å². The lowest BCUT2D eigenvalue weighted by atomic mass is 9.95. The number of rotatable bonds is 10. The fraction of sp³-hybridized carbons (Fsp3) is 0.390. The summed E-state index contributed by atoms with van der Waals surface area (Å²) in [6.45, 7) is 0.438. The van der Waals surface area contributed by atoms with Gasteiger partial charge in [0.05, 0.1) is 25.4 Å². The molecular formula is C41H42O12. The number of aliphatic hydroxyl groups is 1. The van der Waals surface area contributed by atoms with Crippen molar-refractivity contribution in [3.8, 4) is 0 Å². The van der Waals surface area contributed by atoms with Crippen LogP contribution in [0.3, 0.4) is 0 Å². The first-order valence-corrected chi connectivity index (χ1v) is 17.8. The monoisotopic (exact) mass is 726 g/mol. The molecule has 4 aromatic rings. The Bertz CT molecular complexity index is 1750. The van der Waals surface area contributed by atoms with E-state index in [2.05, 4.69) is 0 Å². The molecule has 53 heavy (non-hydrogen) atoms. The van der Waals surface area contributed by atoms with Gasteiger partial charge in [-0.2, -0.15) is 0 Å². The van der Waals surface area contributed by atoms with Crippen molar-refractivity contribution in [2.45, 2.75) is 80.6 Å². The van der Waals surface area contributed by atoms with Crippen molar-refractivity contribution in [3.63, 3.8) is 0 Å². The minimum atomic E-state index is -1.36. The number of benzene rings is 4. The number of carbonyl (C=O) groups excluding carboxylic acids is 1. The van der Waals surface area contributed by atoms with E-state index in [1.165, 1.54) is 7.11 Å². The third-order valence-corrected chi connectivity index (χ3v) is 9.81. The predicted molar refractivity (Wildman–Crippen MR) is 186 cm³/mol. The molecule has 12 nitrogen and oxygen atoms in total. The Hall–Kier alpha value is -4.05. The lowest BCUT2D eigenvalue weighted by Crippen LogP contribution is -2.67.